The third-order valence-corrected chi connectivity index (χ3v) is 2.41. The highest BCUT2D eigenvalue weighted by Gasteiger charge is 2.25. The molecule has 1 heterocycles. The molecule has 0 aromatic carbocycles. The van der Waals surface area contributed by atoms with Gasteiger partial charge in [0.15, 0.2) is 0 Å². The molecule has 0 aliphatic rings. The Kier molecular flexibility index (Phi) is 3.90. The Morgan fingerprint density at radius 3 is 2.75 bits per heavy atom. The van der Waals surface area contributed by atoms with Crippen molar-refractivity contribution in [1.29, 1.82) is 5.26 Å². The fourth-order valence-corrected chi connectivity index (χ4v) is 1.51. The van der Waals surface area contributed by atoms with Gasteiger partial charge in [0.2, 0.25) is 0 Å². The van der Waals surface area contributed by atoms with E-state index in [1.54, 1.807) is 6.07 Å². The zero-order valence-corrected chi connectivity index (χ0v) is 9.59. The van der Waals surface area contributed by atoms with Gasteiger partial charge >= 0.3 is 5.97 Å². The standard InChI is InChI=1S/C9H5BrF2N2O2/c1-16-9(15)5-3-14-7(10)4(2-13)6(5)8(11)12/h3,8H,1H3. The van der Waals surface area contributed by atoms with Gasteiger partial charge in [-0.15, -0.1) is 0 Å². The van der Waals surface area contributed by atoms with Crippen molar-refractivity contribution >= 4 is 21.9 Å². The molecule has 0 unspecified atom stereocenters. The molecule has 84 valence electrons. The molecule has 16 heavy (non-hydrogen) atoms. The molecule has 0 saturated carbocycles. The van der Waals surface area contributed by atoms with Gasteiger partial charge in [-0.2, -0.15) is 5.26 Å². The summed E-state index contributed by atoms with van der Waals surface area (Å²) in [7, 11) is 1.06. The average Bonchev–Trinajstić information content (AvgIpc) is 2.27. The Bertz CT molecular complexity index is 471. The minimum absolute atomic E-state index is 0.0297. The highest BCUT2D eigenvalue weighted by atomic mass is 79.9. The van der Waals surface area contributed by atoms with E-state index in [2.05, 4.69) is 25.7 Å². The van der Waals surface area contributed by atoms with E-state index in [0.717, 1.165) is 13.3 Å². The third-order valence-electron chi connectivity index (χ3n) is 1.81. The number of hydrogen-bond acceptors (Lipinski definition) is 4. The second-order valence-corrected chi connectivity index (χ2v) is 3.41. The number of nitrogens with zero attached hydrogens (tertiary/aromatic N) is 2. The van der Waals surface area contributed by atoms with Crippen molar-refractivity contribution < 1.29 is 18.3 Å². The molecule has 0 saturated heterocycles. The smallest absolute Gasteiger partial charge is 0.339 e. The van der Waals surface area contributed by atoms with Crippen LogP contribution in [0.5, 0.6) is 0 Å². The molecular formula is C9H5BrF2N2O2. The van der Waals surface area contributed by atoms with Gasteiger partial charge in [0.1, 0.15) is 10.7 Å². The van der Waals surface area contributed by atoms with Crippen LogP contribution in [0.15, 0.2) is 10.8 Å². The topological polar surface area (TPSA) is 63.0 Å². The minimum Gasteiger partial charge on any atom is -0.465 e. The molecule has 7 heteroatoms. The first kappa shape index (κ1) is 12.5. The van der Waals surface area contributed by atoms with Crippen LogP contribution >= 0.6 is 15.9 Å². The lowest BCUT2D eigenvalue weighted by molar-refractivity contribution is 0.0588. The van der Waals surface area contributed by atoms with E-state index in [-0.39, 0.29) is 10.2 Å². The van der Waals surface area contributed by atoms with E-state index in [4.69, 9.17) is 5.26 Å². The molecular weight excluding hydrogens is 286 g/mol. The normalized spacial score (nSPS) is 10.0. The number of alkyl halides is 2. The van der Waals surface area contributed by atoms with Crippen LogP contribution in [0, 0.1) is 11.3 Å². The first-order valence-corrected chi connectivity index (χ1v) is 4.77. The second kappa shape index (κ2) is 4.99. The molecule has 0 atom stereocenters. The summed E-state index contributed by atoms with van der Waals surface area (Å²) in [6.45, 7) is 0. The SMILES string of the molecule is COC(=O)c1cnc(Br)c(C#N)c1C(F)F. The van der Waals surface area contributed by atoms with E-state index < -0.39 is 23.5 Å². The molecule has 0 aliphatic carbocycles. The molecule has 0 bridgehead atoms. The predicted molar refractivity (Wildman–Crippen MR) is 52.9 cm³/mol. The van der Waals surface area contributed by atoms with Crippen LogP contribution < -0.4 is 0 Å². The summed E-state index contributed by atoms with van der Waals surface area (Å²) < 4.78 is 29.8. The summed E-state index contributed by atoms with van der Waals surface area (Å²) >= 11 is 2.86. The zero-order chi connectivity index (χ0) is 12.3. The molecule has 1 aromatic heterocycles. The molecule has 4 nitrogen and oxygen atoms in total. The van der Waals surface area contributed by atoms with Crippen molar-refractivity contribution in [1.82, 2.24) is 4.98 Å². The Balaban J connectivity index is 3.53. The number of rotatable bonds is 2. The molecule has 0 aliphatic heterocycles. The molecule has 0 radical (unpaired) electrons. The number of methoxy groups -OCH3 is 1. The van der Waals surface area contributed by atoms with Crippen molar-refractivity contribution in [2.24, 2.45) is 0 Å². The summed E-state index contributed by atoms with van der Waals surface area (Å²) in [5, 5.41) is 8.72. The van der Waals surface area contributed by atoms with Crippen molar-refractivity contribution in [3.63, 3.8) is 0 Å². The van der Waals surface area contributed by atoms with Gasteiger partial charge in [-0.25, -0.2) is 18.6 Å². The van der Waals surface area contributed by atoms with Gasteiger partial charge in [-0.3, -0.25) is 0 Å². The van der Waals surface area contributed by atoms with E-state index in [1.807, 2.05) is 0 Å². The van der Waals surface area contributed by atoms with E-state index in [0.29, 0.717) is 0 Å². The quantitative estimate of drug-likeness (QED) is 0.620. The number of esters is 1. The first-order valence-electron chi connectivity index (χ1n) is 3.97. The summed E-state index contributed by atoms with van der Waals surface area (Å²) in [5.41, 5.74) is -1.44. The van der Waals surface area contributed by atoms with Crippen LogP contribution in [-0.2, 0) is 4.74 Å². The van der Waals surface area contributed by atoms with Crippen LogP contribution in [0.2, 0.25) is 0 Å². The fourth-order valence-electron chi connectivity index (χ4n) is 1.11. The fraction of sp³-hybridized carbons (Fsp3) is 0.222. The van der Waals surface area contributed by atoms with Gasteiger partial charge in [0, 0.05) is 6.20 Å². The van der Waals surface area contributed by atoms with Gasteiger partial charge in [-0.05, 0) is 15.9 Å². The van der Waals surface area contributed by atoms with E-state index in [9.17, 15) is 13.6 Å². The van der Waals surface area contributed by atoms with E-state index in [1.165, 1.54) is 0 Å². The number of carbonyl (C=O) groups excluding carboxylic acids is 1. The lowest BCUT2D eigenvalue weighted by Crippen LogP contribution is -2.09. The largest absolute Gasteiger partial charge is 0.465 e. The summed E-state index contributed by atoms with van der Waals surface area (Å²) in [6, 6.07) is 1.57. The number of hydrogen-bond donors (Lipinski definition) is 0. The maximum absolute atomic E-state index is 12.7. The number of carbonyl (C=O) groups is 1. The third kappa shape index (κ3) is 2.17. The van der Waals surface area contributed by atoms with Gasteiger partial charge in [0.05, 0.1) is 23.8 Å². The molecule has 1 aromatic rings. The molecule has 0 N–H and O–H groups in total. The van der Waals surface area contributed by atoms with Gasteiger partial charge < -0.3 is 4.74 Å². The lowest BCUT2D eigenvalue weighted by atomic mass is 10.1. The van der Waals surface area contributed by atoms with Crippen LogP contribution in [0.4, 0.5) is 8.78 Å². The average molecular weight is 291 g/mol. The second-order valence-electron chi connectivity index (χ2n) is 2.66. The Labute approximate surface area is 98.0 Å². The van der Waals surface area contributed by atoms with E-state index >= 15 is 0 Å². The molecule has 0 amide bonds. The minimum atomic E-state index is -2.96. The van der Waals surface area contributed by atoms with Crippen LogP contribution in [-0.4, -0.2) is 18.1 Å². The highest BCUT2D eigenvalue weighted by Crippen LogP contribution is 2.30. The maximum Gasteiger partial charge on any atom is 0.339 e. The molecule has 0 fully saturated rings. The molecule has 0 spiro atoms. The highest BCUT2D eigenvalue weighted by molar-refractivity contribution is 9.10. The monoisotopic (exact) mass is 290 g/mol. The van der Waals surface area contributed by atoms with Crippen LogP contribution in [0.3, 0.4) is 0 Å². The Morgan fingerprint density at radius 1 is 1.69 bits per heavy atom. The zero-order valence-electron chi connectivity index (χ0n) is 8.00. The number of nitriles is 1. The predicted octanol–water partition coefficient (Wildman–Crippen LogP) is 2.44. The van der Waals surface area contributed by atoms with Crippen molar-refractivity contribution in [3.8, 4) is 6.07 Å². The van der Waals surface area contributed by atoms with Gasteiger partial charge in [0.25, 0.3) is 6.43 Å². The number of ether oxygens (including phenoxy) is 1. The van der Waals surface area contributed by atoms with Crippen molar-refractivity contribution in [2.45, 2.75) is 6.43 Å². The van der Waals surface area contributed by atoms with Gasteiger partial charge in [-0.1, -0.05) is 0 Å². The lowest BCUT2D eigenvalue weighted by Gasteiger charge is -2.09. The Morgan fingerprint density at radius 2 is 2.31 bits per heavy atom. The summed E-state index contributed by atoms with van der Waals surface area (Å²) in [6.07, 6.45) is -2.01. The van der Waals surface area contributed by atoms with Crippen molar-refractivity contribution in [3.05, 3.63) is 27.5 Å². The van der Waals surface area contributed by atoms with Crippen LogP contribution in [0.25, 0.3) is 0 Å². The van der Waals surface area contributed by atoms with Crippen molar-refractivity contribution in [2.75, 3.05) is 7.11 Å². The number of pyridine rings is 1. The maximum atomic E-state index is 12.7. The van der Waals surface area contributed by atoms with Crippen LogP contribution in [0.1, 0.15) is 27.9 Å². The molecule has 1 rings (SSSR count). The first-order chi connectivity index (χ1) is 7.52. The number of halogens is 3. The summed E-state index contributed by atoms with van der Waals surface area (Å²) in [5.74, 6) is -0.952. The Hall–Kier alpha value is -1.55. The summed E-state index contributed by atoms with van der Waals surface area (Å²) in [4.78, 5) is 14.8. The number of aromatic nitrogens is 1.